The number of benzene rings is 4. The molecule has 0 bridgehead atoms. The molecule has 1 unspecified atom stereocenters. The Bertz CT molecular complexity index is 1700. The number of nitro groups is 1. The number of phenolic OH excluding ortho intramolecular Hbond substituents is 1. The van der Waals surface area contributed by atoms with Crippen LogP contribution in [0.15, 0.2) is 82.6 Å². The molecule has 45 heavy (non-hydrogen) atoms. The first kappa shape index (κ1) is 33.8. The third-order valence-corrected chi connectivity index (χ3v) is 10.00. The van der Waals surface area contributed by atoms with Crippen LogP contribution in [0.5, 0.6) is 11.5 Å². The van der Waals surface area contributed by atoms with Crippen LogP contribution in [0.2, 0.25) is 0 Å². The number of phenols is 1. The van der Waals surface area contributed by atoms with Crippen molar-refractivity contribution in [2.24, 2.45) is 0 Å². The molecule has 0 radical (unpaired) electrons. The van der Waals surface area contributed by atoms with Crippen LogP contribution >= 0.6 is 11.8 Å². The first-order valence-corrected chi connectivity index (χ1v) is 16.4. The van der Waals surface area contributed by atoms with E-state index in [4.69, 9.17) is 4.74 Å². The van der Waals surface area contributed by atoms with Crippen molar-refractivity contribution in [3.63, 3.8) is 0 Å². The molecule has 0 aliphatic heterocycles. The number of hydrogen-bond donors (Lipinski definition) is 2. The number of fused-ring (bicyclic) bond motifs is 1. The van der Waals surface area contributed by atoms with Gasteiger partial charge in [-0.2, -0.15) is 0 Å². The molecule has 4 aromatic carbocycles. The topological polar surface area (TPSA) is 102 Å². The largest absolute Gasteiger partial charge is 0.506 e. The molecule has 0 aromatic heterocycles. The smallest absolute Gasteiger partial charge is 0.283 e. The number of rotatable bonds is 13. The number of nitro benzene ring substituents is 1. The van der Waals surface area contributed by atoms with Gasteiger partial charge in [-0.05, 0) is 52.8 Å². The fourth-order valence-corrected chi connectivity index (χ4v) is 6.27. The van der Waals surface area contributed by atoms with Crippen molar-refractivity contribution in [3.8, 4) is 11.5 Å². The zero-order valence-corrected chi connectivity index (χ0v) is 28.1. The summed E-state index contributed by atoms with van der Waals surface area (Å²) in [5.74, 6) is 0.0944. The van der Waals surface area contributed by atoms with Crippen molar-refractivity contribution in [2.75, 3.05) is 0 Å². The summed E-state index contributed by atoms with van der Waals surface area (Å²) in [4.78, 5) is 26.2. The highest BCUT2D eigenvalue weighted by molar-refractivity contribution is 7.99. The van der Waals surface area contributed by atoms with E-state index in [0.29, 0.717) is 27.0 Å². The molecule has 0 fully saturated rings. The maximum absolute atomic E-state index is 13.9. The van der Waals surface area contributed by atoms with Gasteiger partial charge in [0.15, 0.2) is 6.23 Å². The third kappa shape index (κ3) is 7.44. The second kappa shape index (κ2) is 13.9. The second-order valence-electron chi connectivity index (χ2n) is 12.7. The summed E-state index contributed by atoms with van der Waals surface area (Å²) in [5, 5.41) is 27.2. The van der Waals surface area contributed by atoms with Crippen LogP contribution in [0, 0.1) is 10.1 Å². The Morgan fingerprint density at radius 3 is 2.20 bits per heavy atom. The van der Waals surface area contributed by atoms with Gasteiger partial charge in [-0.1, -0.05) is 115 Å². The Kier molecular flexibility index (Phi) is 10.5. The fraction of sp³-hybridized carbons (Fsp3) is 0.378. The summed E-state index contributed by atoms with van der Waals surface area (Å²) in [6, 6.07) is 21.7. The number of amides is 1. The minimum atomic E-state index is -0.642. The normalized spacial score (nSPS) is 12.6. The molecule has 0 heterocycles. The van der Waals surface area contributed by atoms with E-state index >= 15 is 0 Å². The fourth-order valence-electron chi connectivity index (χ4n) is 5.17. The summed E-state index contributed by atoms with van der Waals surface area (Å²) in [5.41, 5.74) is 2.25. The summed E-state index contributed by atoms with van der Waals surface area (Å²) in [7, 11) is 0. The van der Waals surface area contributed by atoms with Gasteiger partial charge in [0.25, 0.3) is 11.6 Å². The van der Waals surface area contributed by atoms with E-state index in [1.807, 2.05) is 25.1 Å². The molecular formula is C37H44N2O5S. The zero-order chi connectivity index (χ0) is 32.9. The maximum Gasteiger partial charge on any atom is 0.283 e. The van der Waals surface area contributed by atoms with Crippen molar-refractivity contribution in [1.82, 2.24) is 5.32 Å². The molecule has 0 saturated heterocycles. The molecule has 0 saturated carbocycles. The van der Waals surface area contributed by atoms with E-state index in [1.165, 1.54) is 23.4 Å². The van der Waals surface area contributed by atoms with Gasteiger partial charge < -0.3 is 15.2 Å². The minimum Gasteiger partial charge on any atom is -0.506 e. The molecule has 7 nitrogen and oxygen atoms in total. The number of ether oxygens (including phenoxy) is 1. The van der Waals surface area contributed by atoms with Gasteiger partial charge in [0, 0.05) is 28.3 Å². The number of para-hydroxylation sites is 1. The van der Waals surface area contributed by atoms with Crippen LogP contribution in [-0.4, -0.2) is 22.2 Å². The van der Waals surface area contributed by atoms with E-state index in [9.17, 15) is 20.0 Å². The highest BCUT2D eigenvalue weighted by Gasteiger charge is 2.29. The first-order valence-electron chi connectivity index (χ1n) is 15.6. The summed E-state index contributed by atoms with van der Waals surface area (Å²) < 4.78 is 6.57. The van der Waals surface area contributed by atoms with Gasteiger partial charge in [-0.25, -0.2) is 0 Å². The van der Waals surface area contributed by atoms with Crippen LogP contribution in [0.25, 0.3) is 10.8 Å². The van der Waals surface area contributed by atoms with Crippen LogP contribution in [-0.2, 0) is 10.8 Å². The Morgan fingerprint density at radius 1 is 0.911 bits per heavy atom. The van der Waals surface area contributed by atoms with Crippen LogP contribution in [0.1, 0.15) is 95.6 Å². The Labute approximate surface area is 270 Å². The van der Waals surface area contributed by atoms with Crippen LogP contribution < -0.4 is 10.1 Å². The van der Waals surface area contributed by atoms with E-state index in [2.05, 4.69) is 59.0 Å². The molecule has 238 valence electrons. The minimum absolute atomic E-state index is 0.0116. The molecule has 1 atom stereocenters. The second-order valence-corrected chi connectivity index (χ2v) is 13.8. The van der Waals surface area contributed by atoms with Crippen molar-refractivity contribution in [3.05, 3.63) is 99.6 Å². The summed E-state index contributed by atoms with van der Waals surface area (Å²) in [6.07, 6.45) is 2.60. The average molecular weight is 629 g/mol. The lowest BCUT2D eigenvalue weighted by molar-refractivity contribution is -0.387. The van der Waals surface area contributed by atoms with Gasteiger partial charge >= 0.3 is 0 Å². The first-order chi connectivity index (χ1) is 21.3. The number of carbonyl (C=O) groups excluding carboxylic acids is 1. The van der Waals surface area contributed by atoms with Crippen LogP contribution in [0.3, 0.4) is 0 Å². The molecule has 4 aromatic rings. The highest BCUT2D eigenvalue weighted by atomic mass is 32.2. The van der Waals surface area contributed by atoms with Crippen molar-refractivity contribution in [1.29, 1.82) is 0 Å². The Balaban J connectivity index is 1.72. The molecule has 0 spiro atoms. The number of nitrogens with zero attached hydrogens (tertiary/aromatic N) is 1. The predicted octanol–water partition coefficient (Wildman–Crippen LogP) is 9.91. The van der Waals surface area contributed by atoms with E-state index < -0.39 is 17.1 Å². The van der Waals surface area contributed by atoms with Gasteiger partial charge in [0.05, 0.1) is 15.4 Å². The number of nitrogens with one attached hydrogen (secondary N) is 1. The van der Waals surface area contributed by atoms with E-state index in [0.717, 1.165) is 30.6 Å². The SMILES string of the molecule is CCCC(NC(=O)c1cc(Sc2ccccc2[N+](=O)[O-])c2ccccc2c1O)Oc1ccc(C(C)(C)CC)cc1C(C)(C)CC. The highest BCUT2D eigenvalue weighted by Crippen LogP contribution is 2.42. The quantitative estimate of drug-likeness (QED) is 0.0868. The lowest BCUT2D eigenvalue weighted by atomic mass is 9.76. The zero-order valence-electron chi connectivity index (χ0n) is 27.3. The Hall–Kier alpha value is -4.04. The molecular weight excluding hydrogens is 584 g/mol. The van der Waals surface area contributed by atoms with Gasteiger partial charge in [0.1, 0.15) is 11.5 Å². The van der Waals surface area contributed by atoms with Gasteiger partial charge in [-0.15, -0.1) is 0 Å². The monoisotopic (exact) mass is 628 g/mol. The lowest BCUT2D eigenvalue weighted by Crippen LogP contribution is -2.39. The van der Waals surface area contributed by atoms with Crippen molar-refractivity contribution < 1.29 is 19.6 Å². The predicted molar refractivity (Wildman–Crippen MR) is 183 cm³/mol. The molecule has 2 N–H and O–H groups in total. The number of hydrogen-bond acceptors (Lipinski definition) is 6. The van der Waals surface area contributed by atoms with E-state index in [1.54, 1.807) is 36.4 Å². The Morgan fingerprint density at radius 2 is 1.56 bits per heavy atom. The maximum atomic E-state index is 13.9. The lowest BCUT2D eigenvalue weighted by Gasteiger charge is -2.32. The summed E-state index contributed by atoms with van der Waals surface area (Å²) in [6.45, 7) is 15.3. The standard InChI is InChI=1S/C37H44N2O5S/c1-8-15-33(44-30-21-20-24(36(4,5)9-2)22-28(30)37(6,7)10-3)38-35(41)27-23-32(25-16-11-12-17-26(25)34(27)40)45-31-19-14-13-18-29(31)39(42)43/h11-14,16-23,33,40H,8-10,15H2,1-7H3,(H,38,41). The molecule has 8 heteroatoms. The average Bonchev–Trinajstić information content (AvgIpc) is 3.02. The molecule has 4 rings (SSSR count). The van der Waals surface area contributed by atoms with Gasteiger partial charge in [0.2, 0.25) is 0 Å². The van der Waals surface area contributed by atoms with Crippen LogP contribution in [0.4, 0.5) is 5.69 Å². The van der Waals surface area contributed by atoms with Crippen molar-refractivity contribution >= 4 is 34.1 Å². The molecule has 0 aliphatic carbocycles. The summed E-state index contributed by atoms with van der Waals surface area (Å²) >= 11 is 1.19. The third-order valence-electron chi connectivity index (χ3n) is 8.87. The van der Waals surface area contributed by atoms with E-state index in [-0.39, 0.29) is 27.8 Å². The number of aromatic hydroxyl groups is 1. The van der Waals surface area contributed by atoms with Crippen molar-refractivity contribution in [2.45, 2.75) is 101 Å². The van der Waals surface area contributed by atoms with Gasteiger partial charge in [-0.3, -0.25) is 14.9 Å². The molecule has 0 aliphatic rings. The number of carbonyl (C=O) groups is 1. The molecule has 1 amide bonds.